The second-order valence-corrected chi connectivity index (χ2v) is 6.49. The van der Waals surface area contributed by atoms with Crippen LogP contribution in [-0.4, -0.2) is 42.7 Å². The van der Waals surface area contributed by atoms with Gasteiger partial charge in [0, 0.05) is 39.2 Å². The van der Waals surface area contributed by atoms with Gasteiger partial charge in [-0.3, -0.25) is 14.9 Å². The molecule has 0 aromatic heterocycles. The number of alkyl carbamates (subject to hydrolysis) is 1. The molecule has 138 valence electrons. The Morgan fingerprint density at radius 2 is 1.96 bits per heavy atom. The van der Waals surface area contributed by atoms with E-state index in [4.69, 9.17) is 4.74 Å². The van der Waals surface area contributed by atoms with E-state index in [1.165, 1.54) is 19.1 Å². The van der Waals surface area contributed by atoms with Gasteiger partial charge in [-0.25, -0.2) is 4.79 Å². The zero-order valence-electron chi connectivity index (χ0n) is 15.1. The molecule has 0 radical (unpaired) electrons. The monoisotopic (exact) mass is 352 g/mol. The van der Waals surface area contributed by atoms with Crippen LogP contribution in [0.4, 0.5) is 21.9 Å². The molecule has 1 aromatic carbocycles. The summed E-state index contributed by atoms with van der Waals surface area (Å²) in [6.07, 6.45) is -0.522. The third-order valence-electron chi connectivity index (χ3n) is 3.03. The summed E-state index contributed by atoms with van der Waals surface area (Å²) in [5.74, 6) is -0.331. The summed E-state index contributed by atoms with van der Waals surface area (Å²) in [6, 6.07) is 4.21. The van der Waals surface area contributed by atoms with Crippen molar-refractivity contribution in [2.75, 3.05) is 30.4 Å². The molecule has 0 saturated carbocycles. The fourth-order valence-electron chi connectivity index (χ4n) is 2.02. The summed E-state index contributed by atoms with van der Waals surface area (Å²) >= 11 is 0. The molecule has 9 nitrogen and oxygen atoms in total. The SMILES string of the molecule is CC(=O)Nc1cc([N+](=O)[O-])ccc1N(C)CCNC(=O)OC(C)(C)C. The lowest BCUT2D eigenvalue weighted by Gasteiger charge is -2.23. The Balaban J connectivity index is 2.76. The Kier molecular flexibility index (Phi) is 6.72. The summed E-state index contributed by atoms with van der Waals surface area (Å²) < 4.78 is 5.14. The third kappa shape index (κ3) is 7.06. The first-order valence-electron chi connectivity index (χ1n) is 7.73. The number of hydrogen-bond acceptors (Lipinski definition) is 6. The van der Waals surface area contributed by atoms with Gasteiger partial charge in [0.25, 0.3) is 5.69 Å². The van der Waals surface area contributed by atoms with Crippen molar-refractivity contribution in [3.63, 3.8) is 0 Å². The predicted molar refractivity (Wildman–Crippen MR) is 94.9 cm³/mol. The van der Waals surface area contributed by atoms with Gasteiger partial charge < -0.3 is 20.3 Å². The number of carbonyl (C=O) groups excluding carboxylic acids is 2. The van der Waals surface area contributed by atoms with Gasteiger partial charge in [-0.05, 0) is 26.8 Å². The Labute approximate surface area is 146 Å². The van der Waals surface area contributed by atoms with Crippen molar-refractivity contribution >= 4 is 29.1 Å². The van der Waals surface area contributed by atoms with Crippen molar-refractivity contribution in [1.29, 1.82) is 0 Å². The molecule has 0 bridgehead atoms. The number of amides is 2. The van der Waals surface area contributed by atoms with E-state index in [1.807, 2.05) is 0 Å². The van der Waals surface area contributed by atoms with Gasteiger partial charge in [0.05, 0.1) is 16.3 Å². The quantitative estimate of drug-likeness (QED) is 0.601. The Morgan fingerprint density at radius 1 is 1.32 bits per heavy atom. The highest BCUT2D eigenvalue weighted by molar-refractivity contribution is 5.93. The molecule has 0 saturated heterocycles. The predicted octanol–water partition coefficient (Wildman–Crippen LogP) is 2.51. The van der Waals surface area contributed by atoms with E-state index in [0.717, 1.165) is 0 Å². The maximum atomic E-state index is 11.6. The average Bonchev–Trinajstić information content (AvgIpc) is 2.44. The van der Waals surface area contributed by atoms with E-state index in [1.54, 1.807) is 38.8 Å². The molecule has 0 fully saturated rings. The summed E-state index contributed by atoms with van der Waals surface area (Å²) in [4.78, 5) is 35.1. The number of hydrogen-bond donors (Lipinski definition) is 2. The lowest BCUT2D eigenvalue weighted by Crippen LogP contribution is -2.37. The third-order valence-corrected chi connectivity index (χ3v) is 3.03. The Morgan fingerprint density at radius 3 is 2.48 bits per heavy atom. The van der Waals surface area contributed by atoms with Crippen molar-refractivity contribution in [3.8, 4) is 0 Å². The van der Waals surface area contributed by atoms with Gasteiger partial charge in [0.15, 0.2) is 0 Å². The first-order valence-corrected chi connectivity index (χ1v) is 7.73. The molecular formula is C16H24N4O5. The zero-order chi connectivity index (χ0) is 19.2. The molecule has 0 aliphatic rings. The van der Waals surface area contributed by atoms with Gasteiger partial charge in [-0.2, -0.15) is 0 Å². The molecule has 0 heterocycles. The molecule has 0 atom stereocenters. The van der Waals surface area contributed by atoms with E-state index < -0.39 is 16.6 Å². The Bertz CT molecular complexity index is 654. The van der Waals surface area contributed by atoms with Crippen LogP contribution in [-0.2, 0) is 9.53 Å². The lowest BCUT2D eigenvalue weighted by atomic mass is 10.2. The highest BCUT2D eigenvalue weighted by Crippen LogP contribution is 2.29. The van der Waals surface area contributed by atoms with Gasteiger partial charge in [0.2, 0.25) is 5.91 Å². The number of benzene rings is 1. The smallest absolute Gasteiger partial charge is 0.407 e. The van der Waals surface area contributed by atoms with Crippen molar-refractivity contribution in [1.82, 2.24) is 5.32 Å². The number of non-ortho nitro benzene ring substituents is 1. The molecular weight excluding hydrogens is 328 g/mol. The van der Waals surface area contributed by atoms with Crippen LogP contribution in [0.1, 0.15) is 27.7 Å². The van der Waals surface area contributed by atoms with Crippen molar-refractivity contribution in [2.24, 2.45) is 0 Å². The highest BCUT2D eigenvalue weighted by Gasteiger charge is 2.17. The van der Waals surface area contributed by atoms with Gasteiger partial charge in [-0.1, -0.05) is 0 Å². The summed E-state index contributed by atoms with van der Waals surface area (Å²) in [5.41, 5.74) is 0.244. The van der Waals surface area contributed by atoms with Gasteiger partial charge >= 0.3 is 6.09 Å². The molecule has 0 unspecified atom stereocenters. The molecule has 1 rings (SSSR count). The number of nitro benzene ring substituents is 1. The van der Waals surface area contributed by atoms with Crippen LogP contribution in [0.5, 0.6) is 0 Å². The first-order chi connectivity index (χ1) is 11.5. The van der Waals surface area contributed by atoms with Crippen LogP contribution >= 0.6 is 0 Å². The minimum absolute atomic E-state index is 0.118. The van der Waals surface area contributed by atoms with E-state index in [-0.39, 0.29) is 11.6 Å². The van der Waals surface area contributed by atoms with Gasteiger partial charge in [-0.15, -0.1) is 0 Å². The molecule has 2 amide bonds. The molecule has 1 aromatic rings. The maximum absolute atomic E-state index is 11.6. The minimum Gasteiger partial charge on any atom is -0.444 e. The van der Waals surface area contributed by atoms with E-state index in [2.05, 4.69) is 10.6 Å². The van der Waals surface area contributed by atoms with E-state index in [9.17, 15) is 19.7 Å². The summed E-state index contributed by atoms with van der Waals surface area (Å²) in [5, 5.41) is 16.1. The normalized spacial score (nSPS) is 10.8. The number of nitrogens with zero attached hydrogens (tertiary/aromatic N) is 2. The van der Waals surface area contributed by atoms with Crippen molar-refractivity contribution in [3.05, 3.63) is 28.3 Å². The van der Waals surface area contributed by atoms with E-state index >= 15 is 0 Å². The highest BCUT2D eigenvalue weighted by atomic mass is 16.6. The number of ether oxygens (including phenoxy) is 1. The van der Waals surface area contributed by atoms with Crippen LogP contribution in [0.2, 0.25) is 0 Å². The fourth-order valence-corrected chi connectivity index (χ4v) is 2.02. The standard InChI is InChI=1S/C16H24N4O5/c1-11(21)18-13-10-12(20(23)24)6-7-14(13)19(5)9-8-17-15(22)25-16(2,3)4/h6-7,10H,8-9H2,1-5H3,(H,17,22)(H,18,21). The lowest BCUT2D eigenvalue weighted by molar-refractivity contribution is -0.384. The number of anilines is 2. The van der Waals surface area contributed by atoms with Crippen molar-refractivity contribution < 1.29 is 19.2 Å². The van der Waals surface area contributed by atoms with Gasteiger partial charge in [0.1, 0.15) is 5.60 Å². The second-order valence-electron chi connectivity index (χ2n) is 6.49. The fraction of sp³-hybridized carbons (Fsp3) is 0.500. The number of rotatable bonds is 6. The molecule has 9 heteroatoms. The number of nitrogens with one attached hydrogen (secondary N) is 2. The average molecular weight is 352 g/mol. The summed E-state index contributed by atoms with van der Waals surface area (Å²) in [6.45, 7) is 7.37. The van der Waals surface area contributed by atoms with Crippen LogP contribution in [0.15, 0.2) is 18.2 Å². The summed E-state index contributed by atoms with van der Waals surface area (Å²) in [7, 11) is 1.75. The number of carbonyl (C=O) groups is 2. The topological polar surface area (TPSA) is 114 Å². The Hall–Kier alpha value is -2.84. The molecule has 0 aliphatic carbocycles. The maximum Gasteiger partial charge on any atom is 0.407 e. The second kappa shape index (κ2) is 8.32. The molecule has 2 N–H and O–H groups in total. The zero-order valence-corrected chi connectivity index (χ0v) is 15.1. The molecule has 0 aliphatic heterocycles. The van der Waals surface area contributed by atoms with Crippen LogP contribution in [0.3, 0.4) is 0 Å². The first kappa shape index (κ1) is 20.2. The van der Waals surface area contributed by atoms with E-state index in [0.29, 0.717) is 24.5 Å². The van der Waals surface area contributed by atoms with Crippen LogP contribution in [0, 0.1) is 10.1 Å². The molecule has 25 heavy (non-hydrogen) atoms. The largest absolute Gasteiger partial charge is 0.444 e. The number of likely N-dealkylation sites (N-methyl/N-ethyl adjacent to an activating group) is 1. The van der Waals surface area contributed by atoms with Crippen molar-refractivity contribution in [2.45, 2.75) is 33.3 Å². The number of nitro groups is 1. The molecule has 0 spiro atoms. The van der Waals surface area contributed by atoms with Crippen LogP contribution in [0.25, 0.3) is 0 Å². The minimum atomic E-state index is -0.576. The van der Waals surface area contributed by atoms with Crippen LogP contribution < -0.4 is 15.5 Å².